The molecule has 2 aliphatic heterocycles. The fraction of sp³-hybridized carbons (Fsp3) is 0.778. The summed E-state index contributed by atoms with van der Waals surface area (Å²) in [7, 11) is 1.32. The van der Waals surface area contributed by atoms with Crippen molar-refractivity contribution in [3.05, 3.63) is 0 Å². The third-order valence-corrected chi connectivity index (χ3v) is 5.51. The van der Waals surface area contributed by atoms with Gasteiger partial charge in [0, 0.05) is 26.2 Å². The first kappa shape index (κ1) is 20.2. The number of rotatable bonds is 3. The van der Waals surface area contributed by atoms with E-state index in [1.807, 2.05) is 13.8 Å². The number of esters is 2. The zero-order valence-electron chi connectivity index (χ0n) is 15.9. The molecular formula is C18H28N2O6. The lowest BCUT2D eigenvalue weighted by atomic mass is 9.80. The summed E-state index contributed by atoms with van der Waals surface area (Å²) in [4.78, 5) is 51.8. The largest absolute Gasteiger partial charge is 0.469 e. The van der Waals surface area contributed by atoms with Crippen molar-refractivity contribution in [3.8, 4) is 0 Å². The number of amides is 2. The molecule has 2 fully saturated rings. The molecule has 2 heterocycles. The van der Waals surface area contributed by atoms with E-state index in [0.717, 1.165) is 0 Å². The first-order valence-corrected chi connectivity index (χ1v) is 9.06. The van der Waals surface area contributed by atoms with Crippen LogP contribution in [0.5, 0.6) is 0 Å². The average Bonchev–Trinajstić information content (AvgIpc) is 3.02. The Morgan fingerprint density at radius 1 is 1.04 bits per heavy atom. The van der Waals surface area contributed by atoms with Gasteiger partial charge in [-0.15, -0.1) is 0 Å². The summed E-state index contributed by atoms with van der Waals surface area (Å²) in [5, 5.41) is 0. The summed E-state index contributed by atoms with van der Waals surface area (Å²) in [5.41, 5.74) is -0.617. The molecule has 2 rings (SSSR count). The molecule has 8 nitrogen and oxygen atoms in total. The van der Waals surface area contributed by atoms with E-state index in [1.54, 1.807) is 6.92 Å². The Morgan fingerprint density at radius 3 is 2.15 bits per heavy atom. The van der Waals surface area contributed by atoms with Crippen LogP contribution in [0.4, 0.5) is 0 Å². The predicted molar refractivity (Wildman–Crippen MR) is 91.8 cm³/mol. The Labute approximate surface area is 153 Å². The van der Waals surface area contributed by atoms with Crippen LogP contribution >= 0.6 is 0 Å². The van der Waals surface area contributed by atoms with E-state index in [0.29, 0.717) is 39.1 Å². The first-order valence-electron chi connectivity index (χ1n) is 9.06. The van der Waals surface area contributed by atoms with Gasteiger partial charge >= 0.3 is 23.8 Å². The van der Waals surface area contributed by atoms with Crippen LogP contribution in [0.25, 0.3) is 0 Å². The number of likely N-dealkylation sites (tertiary alicyclic amines) is 2. The van der Waals surface area contributed by atoms with E-state index < -0.39 is 23.1 Å². The molecule has 2 saturated heterocycles. The maximum absolute atomic E-state index is 12.5. The van der Waals surface area contributed by atoms with Gasteiger partial charge in [-0.25, -0.2) is 0 Å². The highest BCUT2D eigenvalue weighted by Gasteiger charge is 2.43. The lowest BCUT2D eigenvalue weighted by molar-refractivity contribution is -0.160. The fourth-order valence-electron chi connectivity index (χ4n) is 3.57. The van der Waals surface area contributed by atoms with Crippen LogP contribution in [0.1, 0.15) is 33.6 Å². The van der Waals surface area contributed by atoms with Crippen molar-refractivity contribution in [1.29, 1.82) is 0 Å². The number of ether oxygens (including phenoxy) is 2. The molecule has 0 saturated carbocycles. The van der Waals surface area contributed by atoms with E-state index >= 15 is 0 Å². The monoisotopic (exact) mass is 368 g/mol. The molecule has 0 spiro atoms. The Hall–Kier alpha value is -2.12. The van der Waals surface area contributed by atoms with Crippen molar-refractivity contribution >= 4 is 23.8 Å². The number of nitrogens with zero attached hydrogens (tertiary/aromatic N) is 2. The number of piperidine rings is 1. The van der Waals surface area contributed by atoms with Crippen LogP contribution in [0.2, 0.25) is 0 Å². The standard InChI is InChI=1S/C18H28N2O6/c1-5-26-17(24)18(3)6-8-19(9-7-18)14(21)15(22)20-10-12(2)13(11-20)16(23)25-4/h12-13H,5-11H2,1-4H3/t12-,13-/m1/s1. The van der Waals surface area contributed by atoms with Crippen LogP contribution in [0, 0.1) is 17.3 Å². The van der Waals surface area contributed by atoms with E-state index in [-0.39, 0.29) is 24.4 Å². The summed E-state index contributed by atoms with van der Waals surface area (Å²) in [6, 6.07) is 0. The van der Waals surface area contributed by atoms with Crippen LogP contribution in [-0.2, 0) is 28.7 Å². The minimum absolute atomic E-state index is 0.0485. The molecule has 0 bridgehead atoms. The number of carbonyl (C=O) groups is 4. The summed E-state index contributed by atoms with van der Waals surface area (Å²) >= 11 is 0. The van der Waals surface area contributed by atoms with Crippen molar-refractivity contribution in [2.24, 2.45) is 17.3 Å². The van der Waals surface area contributed by atoms with Crippen molar-refractivity contribution in [2.45, 2.75) is 33.6 Å². The lowest BCUT2D eigenvalue weighted by Crippen LogP contribution is -2.50. The molecule has 0 aromatic rings. The molecule has 2 amide bonds. The fourth-order valence-corrected chi connectivity index (χ4v) is 3.57. The van der Waals surface area contributed by atoms with Crippen LogP contribution in [-0.4, -0.2) is 73.4 Å². The highest BCUT2D eigenvalue weighted by Crippen LogP contribution is 2.32. The summed E-state index contributed by atoms with van der Waals surface area (Å²) in [6.07, 6.45) is 0.929. The second-order valence-corrected chi connectivity index (χ2v) is 7.39. The van der Waals surface area contributed by atoms with Gasteiger partial charge in [0.1, 0.15) is 0 Å². The van der Waals surface area contributed by atoms with Crippen molar-refractivity contribution in [1.82, 2.24) is 9.80 Å². The van der Waals surface area contributed by atoms with Crippen LogP contribution < -0.4 is 0 Å². The van der Waals surface area contributed by atoms with Gasteiger partial charge < -0.3 is 19.3 Å². The second-order valence-electron chi connectivity index (χ2n) is 7.39. The van der Waals surface area contributed by atoms with Crippen molar-refractivity contribution in [2.75, 3.05) is 39.9 Å². The highest BCUT2D eigenvalue weighted by molar-refractivity contribution is 6.35. The second kappa shape index (κ2) is 8.05. The molecule has 0 aromatic heterocycles. The summed E-state index contributed by atoms with van der Waals surface area (Å²) in [6.45, 7) is 7.02. The molecule has 2 aliphatic rings. The van der Waals surface area contributed by atoms with Gasteiger partial charge in [0.2, 0.25) is 0 Å². The maximum Gasteiger partial charge on any atom is 0.312 e. The topological polar surface area (TPSA) is 93.2 Å². The zero-order chi connectivity index (χ0) is 19.5. The number of hydrogen-bond acceptors (Lipinski definition) is 6. The smallest absolute Gasteiger partial charge is 0.312 e. The molecule has 0 radical (unpaired) electrons. The Kier molecular flexibility index (Phi) is 6.26. The van der Waals surface area contributed by atoms with E-state index in [4.69, 9.17) is 9.47 Å². The lowest BCUT2D eigenvalue weighted by Gasteiger charge is -2.37. The van der Waals surface area contributed by atoms with E-state index in [9.17, 15) is 19.2 Å². The van der Waals surface area contributed by atoms with Gasteiger partial charge in [0.25, 0.3) is 0 Å². The Bertz CT molecular complexity index is 582. The molecule has 146 valence electrons. The number of hydrogen-bond donors (Lipinski definition) is 0. The van der Waals surface area contributed by atoms with Gasteiger partial charge in [0.05, 0.1) is 25.0 Å². The zero-order valence-corrected chi connectivity index (χ0v) is 15.9. The van der Waals surface area contributed by atoms with Crippen LogP contribution in [0.3, 0.4) is 0 Å². The number of methoxy groups -OCH3 is 1. The summed E-state index contributed by atoms with van der Waals surface area (Å²) in [5.74, 6) is -2.23. The van der Waals surface area contributed by atoms with Gasteiger partial charge in [-0.05, 0) is 32.6 Å². The van der Waals surface area contributed by atoms with Gasteiger partial charge in [0.15, 0.2) is 0 Å². The molecule has 8 heteroatoms. The van der Waals surface area contributed by atoms with E-state index in [2.05, 4.69) is 0 Å². The van der Waals surface area contributed by atoms with Crippen LogP contribution in [0.15, 0.2) is 0 Å². The molecule has 2 atom stereocenters. The van der Waals surface area contributed by atoms with Crippen molar-refractivity contribution in [3.63, 3.8) is 0 Å². The minimum Gasteiger partial charge on any atom is -0.469 e. The van der Waals surface area contributed by atoms with Crippen molar-refractivity contribution < 1.29 is 28.7 Å². The highest BCUT2D eigenvalue weighted by atomic mass is 16.5. The van der Waals surface area contributed by atoms with Gasteiger partial charge in [-0.1, -0.05) is 6.92 Å². The average molecular weight is 368 g/mol. The molecular weight excluding hydrogens is 340 g/mol. The number of carbonyl (C=O) groups excluding carboxylic acids is 4. The quantitative estimate of drug-likeness (QED) is 0.530. The normalized spacial score (nSPS) is 24.9. The summed E-state index contributed by atoms with van der Waals surface area (Å²) < 4.78 is 9.86. The molecule has 0 unspecified atom stereocenters. The third kappa shape index (κ3) is 3.99. The molecule has 26 heavy (non-hydrogen) atoms. The first-order chi connectivity index (χ1) is 12.2. The molecule has 0 aliphatic carbocycles. The van der Waals surface area contributed by atoms with Gasteiger partial charge in [-0.2, -0.15) is 0 Å². The Balaban J connectivity index is 1.93. The van der Waals surface area contributed by atoms with E-state index in [1.165, 1.54) is 16.9 Å². The maximum atomic E-state index is 12.5. The third-order valence-electron chi connectivity index (χ3n) is 5.51. The molecule has 0 aromatic carbocycles. The predicted octanol–water partition coefficient (Wildman–Crippen LogP) is 0.446. The Morgan fingerprint density at radius 2 is 1.62 bits per heavy atom. The molecule has 0 N–H and O–H groups in total. The van der Waals surface area contributed by atoms with Gasteiger partial charge in [-0.3, -0.25) is 19.2 Å². The SMILES string of the molecule is CCOC(=O)C1(C)CCN(C(=O)C(=O)N2C[C@@H](C)[C@H](C(=O)OC)C2)CC1. The minimum atomic E-state index is -0.617.